The molecule has 6 heteroatoms. The fourth-order valence-electron chi connectivity index (χ4n) is 9.54. The predicted molar refractivity (Wildman–Crippen MR) is 330 cm³/mol. The maximum atomic E-state index is 12.9. The molecule has 0 saturated carbocycles. The molecule has 0 radical (unpaired) electrons. The van der Waals surface area contributed by atoms with Crippen molar-refractivity contribution in [2.75, 3.05) is 13.2 Å². The van der Waals surface area contributed by atoms with Gasteiger partial charge in [-0.1, -0.05) is 306 Å². The number of esters is 3. The molecule has 1 unspecified atom stereocenters. The van der Waals surface area contributed by atoms with Crippen LogP contribution >= 0.6 is 0 Å². The first-order valence-corrected chi connectivity index (χ1v) is 32.9. The highest BCUT2D eigenvalue weighted by atomic mass is 16.6. The van der Waals surface area contributed by atoms with E-state index in [2.05, 4.69) is 93.7 Å². The molecule has 6 nitrogen and oxygen atoms in total. The Bertz CT molecular complexity index is 1400. The van der Waals surface area contributed by atoms with Crippen LogP contribution in [0.3, 0.4) is 0 Å². The summed E-state index contributed by atoms with van der Waals surface area (Å²) in [5.41, 5.74) is 0. The Morgan fingerprint density at radius 1 is 0.276 bits per heavy atom. The van der Waals surface area contributed by atoms with Crippen LogP contribution < -0.4 is 0 Å². The minimum Gasteiger partial charge on any atom is -0.462 e. The maximum absolute atomic E-state index is 12.9. The van der Waals surface area contributed by atoms with E-state index in [0.717, 1.165) is 77.0 Å². The third-order valence-corrected chi connectivity index (χ3v) is 14.4. The van der Waals surface area contributed by atoms with Gasteiger partial charge in [0.15, 0.2) is 6.10 Å². The van der Waals surface area contributed by atoms with Crippen molar-refractivity contribution in [1.82, 2.24) is 0 Å². The van der Waals surface area contributed by atoms with E-state index in [1.165, 1.54) is 212 Å². The molecule has 0 aliphatic rings. The Morgan fingerprint density at radius 3 is 0.868 bits per heavy atom. The summed E-state index contributed by atoms with van der Waals surface area (Å²) in [6, 6.07) is 0. The number of rotatable bonds is 60. The van der Waals surface area contributed by atoms with Gasteiger partial charge in [0, 0.05) is 19.3 Å². The van der Waals surface area contributed by atoms with Crippen LogP contribution in [0.5, 0.6) is 0 Å². The van der Waals surface area contributed by atoms with Crippen molar-refractivity contribution in [2.45, 2.75) is 341 Å². The quantitative estimate of drug-likeness (QED) is 0.0261. The third kappa shape index (κ3) is 61.7. The van der Waals surface area contributed by atoms with Gasteiger partial charge in [-0.05, 0) is 83.5 Å². The van der Waals surface area contributed by atoms with E-state index in [1.54, 1.807) is 0 Å². The Morgan fingerprint density at radius 2 is 0.526 bits per heavy atom. The number of unbranched alkanes of at least 4 members (excludes halogenated alkanes) is 37. The van der Waals surface area contributed by atoms with Gasteiger partial charge < -0.3 is 14.2 Å². The smallest absolute Gasteiger partial charge is 0.306 e. The molecule has 0 saturated heterocycles. The zero-order valence-corrected chi connectivity index (χ0v) is 50.5. The van der Waals surface area contributed by atoms with Gasteiger partial charge in [0.05, 0.1) is 0 Å². The number of hydrogen-bond donors (Lipinski definition) is 0. The number of allylic oxidation sites excluding steroid dienone is 12. The van der Waals surface area contributed by atoms with Crippen molar-refractivity contribution < 1.29 is 28.6 Å². The average molecular weight is 1060 g/mol. The maximum Gasteiger partial charge on any atom is 0.306 e. The molecule has 0 heterocycles. The van der Waals surface area contributed by atoms with Crippen LogP contribution in [0.25, 0.3) is 0 Å². The summed E-state index contributed by atoms with van der Waals surface area (Å²) >= 11 is 0. The van der Waals surface area contributed by atoms with Crippen LogP contribution in [0.1, 0.15) is 335 Å². The predicted octanol–water partition coefficient (Wildman–Crippen LogP) is 22.5. The molecule has 0 fully saturated rings. The van der Waals surface area contributed by atoms with Crippen LogP contribution in [-0.2, 0) is 28.6 Å². The Kier molecular flexibility index (Phi) is 61.7. The second-order valence-corrected chi connectivity index (χ2v) is 22.0. The number of ether oxygens (including phenoxy) is 3. The standard InChI is InChI=1S/C70H124O6/c1-4-7-10-13-16-19-22-25-28-31-33-34-35-36-37-40-42-45-48-51-54-57-60-63-69(72)75-66-67(65-74-68(71)62-59-56-53-50-47-44-41-38-30-27-24-21-18-15-12-9-6-3)76-70(73)64-61-58-55-52-49-46-43-39-32-29-26-23-20-17-14-11-8-5-2/h9,12,18,21,27,29-30,32,41,44,50,53,67H,4-8,10-11,13-17,19-20,22-26,28,31,33-40,42-43,45-49,51-52,54-66H2,1-3H3/b12-9-,21-18-,30-27-,32-29-,44-41-,53-50-. The molecule has 0 N–H and O–H groups in total. The Labute approximate surface area is 472 Å². The lowest BCUT2D eigenvalue weighted by Crippen LogP contribution is -2.30. The monoisotopic (exact) mass is 1060 g/mol. The second-order valence-electron chi connectivity index (χ2n) is 22.0. The Hall–Kier alpha value is -3.15. The fourth-order valence-corrected chi connectivity index (χ4v) is 9.54. The summed E-state index contributed by atoms with van der Waals surface area (Å²) in [6.07, 6.45) is 83.5. The summed E-state index contributed by atoms with van der Waals surface area (Å²) in [5, 5.41) is 0. The molecule has 0 bridgehead atoms. The summed E-state index contributed by atoms with van der Waals surface area (Å²) in [7, 11) is 0. The topological polar surface area (TPSA) is 78.9 Å². The summed E-state index contributed by atoms with van der Waals surface area (Å²) < 4.78 is 16.9. The van der Waals surface area contributed by atoms with Gasteiger partial charge >= 0.3 is 17.9 Å². The zero-order chi connectivity index (χ0) is 55.0. The molecule has 0 aliphatic carbocycles. The molecule has 76 heavy (non-hydrogen) atoms. The summed E-state index contributed by atoms with van der Waals surface area (Å²) in [4.78, 5) is 38.3. The molecule has 1 atom stereocenters. The minimum atomic E-state index is -0.801. The molecule has 0 aromatic rings. The lowest BCUT2D eigenvalue weighted by atomic mass is 10.0. The van der Waals surface area contributed by atoms with Gasteiger partial charge in [-0.3, -0.25) is 14.4 Å². The van der Waals surface area contributed by atoms with Crippen LogP contribution in [0.15, 0.2) is 72.9 Å². The number of carbonyl (C=O) groups is 3. The largest absolute Gasteiger partial charge is 0.462 e. The van der Waals surface area contributed by atoms with Crippen molar-refractivity contribution >= 4 is 17.9 Å². The van der Waals surface area contributed by atoms with Crippen molar-refractivity contribution in [3.05, 3.63) is 72.9 Å². The molecular weight excluding hydrogens is 937 g/mol. The fraction of sp³-hybridized carbons (Fsp3) is 0.786. The van der Waals surface area contributed by atoms with Crippen molar-refractivity contribution in [3.8, 4) is 0 Å². The van der Waals surface area contributed by atoms with E-state index in [1.807, 2.05) is 0 Å². The van der Waals surface area contributed by atoms with Crippen LogP contribution in [0.2, 0.25) is 0 Å². The molecule has 440 valence electrons. The van der Waals surface area contributed by atoms with Crippen LogP contribution in [-0.4, -0.2) is 37.2 Å². The van der Waals surface area contributed by atoms with Gasteiger partial charge in [-0.2, -0.15) is 0 Å². The van der Waals surface area contributed by atoms with Crippen molar-refractivity contribution in [3.63, 3.8) is 0 Å². The highest BCUT2D eigenvalue weighted by Gasteiger charge is 2.19. The minimum absolute atomic E-state index is 0.0917. The molecule has 0 rings (SSSR count). The zero-order valence-electron chi connectivity index (χ0n) is 50.5. The third-order valence-electron chi connectivity index (χ3n) is 14.4. The van der Waals surface area contributed by atoms with E-state index < -0.39 is 6.10 Å². The van der Waals surface area contributed by atoms with Crippen LogP contribution in [0.4, 0.5) is 0 Å². The van der Waals surface area contributed by atoms with Gasteiger partial charge in [0.25, 0.3) is 0 Å². The lowest BCUT2D eigenvalue weighted by molar-refractivity contribution is -0.167. The SMILES string of the molecule is CC/C=C\C/C=C\C/C=C\C/C=C\C/C=C\CCCC(=O)OCC(COC(=O)CCCCCCCCCCCCCCCCCCCCCCCCC)OC(=O)CCCCCCCCC/C=C\CCCCCCCCC. The summed E-state index contributed by atoms with van der Waals surface area (Å²) in [5.74, 6) is -0.940. The Balaban J connectivity index is 4.38. The van der Waals surface area contributed by atoms with Gasteiger partial charge in [-0.25, -0.2) is 0 Å². The highest BCUT2D eigenvalue weighted by molar-refractivity contribution is 5.71. The van der Waals surface area contributed by atoms with E-state index in [9.17, 15) is 14.4 Å². The number of carbonyl (C=O) groups excluding carboxylic acids is 3. The van der Waals surface area contributed by atoms with Gasteiger partial charge in [0.1, 0.15) is 13.2 Å². The van der Waals surface area contributed by atoms with E-state index in [4.69, 9.17) is 14.2 Å². The molecular formula is C70H124O6. The molecule has 0 aromatic carbocycles. The molecule has 0 spiro atoms. The lowest BCUT2D eigenvalue weighted by Gasteiger charge is -2.18. The van der Waals surface area contributed by atoms with E-state index >= 15 is 0 Å². The first kappa shape index (κ1) is 72.8. The molecule has 0 aliphatic heterocycles. The molecule has 0 aromatic heterocycles. The van der Waals surface area contributed by atoms with Crippen molar-refractivity contribution in [2.24, 2.45) is 0 Å². The highest BCUT2D eigenvalue weighted by Crippen LogP contribution is 2.17. The average Bonchev–Trinajstić information content (AvgIpc) is 3.42. The van der Waals surface area contributed by atoms with Crippen LogP contribution in [0, 0.1) is 0 Å². The first-order valence-electron chi connectivity index (χ1n) is 32.9. The number of hydrogen-bond acceptors (Lipinski definition) is 6. The molecule has 0 amide bonds. The van der Waals surface area contributed by atoms with Gasteiger partial charge in [-0.15, -0.1) is 0 Å². The van der Waals surface area contributed by atoms with E-state index in [-0.39, 0.29) is 37.5 Å². The normalized spacial score (nSPS) is 12.5. The summed E-state index contributed by atoms with van der Waals surface area (Å²) in [6.45, 7) is 6.52. The second kappa shape index (κ2) is 64.4. The van der Waals surface area contributed by atoms with Crippen molar-refractivity contribution in [1.29, 1.82) is 0 Å². The van der Waals surface area contributed by atoms with E-state index in [0.29, 0.717) is 19.3 Å². The first-order chi connectivity index (χ1) is 37.5. The van der Waals surface area contributed by atoms with Gasteiger partial charge in [0.2, 0.25) is 0 Å².